The van der Waals surface area contributed by atoms with Crippen LogP contribution in [0.4, 0.5) is 0 Å². The van der Waals surface area contributed by atoms with E-state index in [0.29, 0.717) is 18.7 Å². The molecular formula is C20H22N4O2. The predicted molar refractivity (Wildman–Crippen MR) is 99.7 cm³/mol. The smallest absolute Gasteiger partial charge is 0.251 e. The molecule has 6 heteroatoms. The molecule has 0 aliphatic rings. The Bertz CT molecular complexity index is 857. The molecule has 0 atom stereocenters. The monoisotopic (exact) mass is 350 g/mol. The van der Waals surface area contributed by atoms with Gasteiger partial charge in [0.25, 0.3) is 5.91 Å². The third-order valence-electron chi connectivity index (χ3n) is 3.89. The first-order chi connectivity index (χ1) is 12.6. The normalized spacial score (nSPS) is 10.5. The zero-order valence-corrected chi connectivity index (χ0v) is 15.0. The average molecular weight is 350 g/mol. The molecule has 3 rings (SSSR count). The van der Waals surface area contributed by atoms with Crippen molar-refractivity contribution < 1.29 is 9.53 Å². The lowest BCUT2D eigenvalue weighted by Gasteiger charge is -2.08. The highest BCUT2D eigenvalue weighted by Crippen LogP contribution is 2.13. The average Bonchev–Trinajstić information content (AvgIpc) is 3.00. The van der Waals surface area contributed by atoms with Gasteiger partial charge in [0, 0.05) is 24.0 Å². The molecule has 0 fully saturated rings. The standard InChI is InChI=1S/C20H22N4O2/c1-15-13-16(2)24(23-15)18-8-6-17(7-9-18)20(25)22-11-4-12-26-19-5-3-10-21-14-19/h3,5-10,13-14H,4,11-12H2,1-2H3,(H,22,25). The molecule has 0 bridgehead atoms. The summed E-state index contributed by atoms with van der Waals surface area (Å²) in [6, 6.07) is 13.1. The molecule has 0 aliphatic carbocycles. The lowest BCUT2D eigenvalue weighted by atomic mass is 10.2. The van der Waals surface area contributed by atoms with Gasteiger partial charge in [0.2, 0.25) is 0 Å². The SMILES string of the molecule is Cc1cc(C)n(-c2ccc(C(=O)NCCCOc3cccnc3)cc2)n1. The van der Waals surface area contributed by atoms with E-state index in [9.17, 15) is 4.79 Å². The summed E-state index contributed by atoms with van der Waals surface area (Å²) >= 11 is 0. The molecule has 1 amide bonds. The number of carbonyl (C=O) groups excluding carboxylic acids is 1. The maximum atomic E-state index is 12.2. The minimum Gasteiger partial charge on any atom is -0.492 e. The third-order valence-corrected chi connectivity index (χ3v) is 3.89. The van der Waals surface area contributed by atoms with Crippen LogP contribution in [0.3, 0.4) is 0 Å². The Morgan fingerprint density at radius 1 is 1.19 bits per heavy atom. The van der Waals surface area contributed by atoms with Crippen LogP contribution in [0.25, 0.3) is 5.69 Å². The highest BCUT2D eigenvalue weighted by atomic mass is 16.5. The van der Waals surface area contributed by atoms with Crippen molar-refractivity contribution in [2.24, 2.45) is 0 Å². The molecule has 0 saturated carbocycles. The summed E-state index contributed by atoms with van der Waals surface area (Å²) in [6.45, 7) is 5.05. The number of hydrogen-bond acceptors (Lipinski definition) is 4. The fourth-order valence-corrected chi connectivity index (χ4v) is 2.64. The Hall–Kier alpha value is -3.15. The first-order valence-electron chi connectivity index (χ1n) is 8.58. The number of nitrogens with one attached hydrogen (secondary N) is 1. The van der Waals surface area contributed by atoms with Crippen molar-refractivity contribution in [3.05, 3.63) is 71.8 Å². The molecule has 0 unspecified atom stereocenters. The Labute approximate surface area is 152 Å². The molecule has 134 valence electrons. The van der Waals surface area contributed by atoms with E-state index in [2.05, 4.69) is 15.4 Å². The third kappa shape index (κ3) is 4.47. The van der Waals surface area contributed by atoms with Gasteiger partial charge in [-0.25, -0.2) is 4.68 Å². The summed E-state index contributed by atoms with van der Waals surface area (Å²) in [7, 11) is 0. The molecule has 0 spiro atoms. The molecule has 6 nitrogen and oxygen atoms in total. The van der Waals surface area contributed by atoms with Gasteiger partial charge in [-0.1, -0.05) is 0 Å². The number of hydrogen-bond donors (Lipinski definition) is 1. The second kappa shape index (κ2) is 8.29. The highest BCUT2D eigenvalue weighted by Gasteiger charge is 2.07. The van der Waals surface area contributed by atoms with Gasteiger partial charge in [0.15, 0.2) is 0 Å². The van der Waals surface area contributed by atoms with E-state index in [1.54, 1.807) is 12.4 Å². The van der Waals surface area contributed by atoms with Crippen molar-refractivity contribution >= 4 is 5.91 Å². The lowest BCUT2D eigenvalue weighted by Crippen LogP contribution is -2.25. The largest absolute Gasteiger partial charge is 0.492 e. The van der Waals surface area contributed by atoms with Crippen LogP contribution < -0.4 is 10.1 Å². The zero-order valence-electron chi connectivity index (χ0n) is 15.0. The molecular weight excluding hydrogens is 328 g/mol. The molecule has 1 aromatic carbocycles. The van der Waals surface area contributed by atoms with Crippen molar-refractivity contribution in [3.63, 3.8) is 0 Å². The molecule has 2 heterocycles. The summed E-state index contributed by atoms with van der Waals surface area (Å²) in [5.41, 5.74) is 3.60. The second-order valence-electron chi connectivity index (χ2n) is 6.03. The molecule has 0 radical (unpaired) electrons. The van der Waals surface area contributed by atoms with Gasteiger partial charge in [0.05, 0.1) is 24.2 Å². The van der Waals surface area contributed by atoms with Crippen molar-refractivity contribution in [2.45, 2.75) is 20.3 Å². The van der Waals surface area contributed by atoms with Crippen LogP contribution in [-0.2, 0) is 0 Å². The first kappa shape index (κ1) is 17.7. The summed E-state index contributed by atoms with van der Waals surface area (Å²) in [4.78, 5) is 16.2. The number of aryl methyl sites for hydroxylation is 2. The van der Waals surface area contributed by atoms with Gasteiger partial charge in [0.1, 0.15) is 5.75 Å². The number of aromatic nitrogens is 3. The molecule has 1 N–H and O–H groups in total. The van der Waals surface area contributed by atoms with Crippen LogP contribution in [-0.4, -0.2) is 33.8 Å². The van der Waals surface area contributed by atoms with E-state index in [4.69, 9.17) is 4.74 Å². The van der Waals surface area contributed by atoms with Crippen molar-refractivity contribution in [3.8, 4) is 11.4 Å². The van der Waals surface area contributed by atoms with Crippen molar-refractivity contribution in [2.75, 3.05) is 13.2 Å². The van der Waals surface area contributed by atoms with E-state index in [0.717, 1.165) is 29.2 Å². The molecule has 0 saturated heterocycles. The van der Waals surface area contributed by atoms with Crippen molar-refractivity contribution in [1.29, 1.82) is 0 Å². The van der Waals surface area contributed by atoms with Gasteiger partial charge < -0.3 is 10.1 Å². The van der Waals surface area contributed by atoms with Crippen LogP contribution >= 0.6 is 0 Å². The molecule has 3 aromatic rings. The van der Waals surface area contributed by atoms with Gasteiger partial charge in [-0.15, -0.1) is 0 Å². The number of ether oxygens (including phenoxy) is 1. The fourth-order valence-electron chi connectivity index (χ4n) is 2.64. The highest BCUT2D eigenvalue weighted by molar-refractivity contribution is 5.94. The van der Waals surface area contributed by atoms with E-state index in [-0.39, 0.29) is 5.91 Å². The number of nitrogens with zero attached hydrogens (tertiary/aromatic N) is 3. The summed E-state index contributed by atoms with van der Waals surface area (Å²) in [5.74, 6) is 0.643. The molecule has 2 aromatic heterocycles. The van der Waals surface area contributed by atoms with Gasteiger partial charge in [-0.2, -0.15) is 5.10 Å². The maximum Gasteiger partial charge on any atom is 0.251 e. The van der Waals surface area contributed by atoms with E-state index >= 15 is 0 Å². The Morgan fingerprint density at radius 2 is 2.00 bits per heavy atom. The number of carbonyl (C=O) groups is 1. The number of benzene rings is 1. The second-order valence-corrected chi connectivity index (χ2v) is 6.03. The topological polar surface area (TPSA) is 69.0 Å². The van der Waals surface area contributed by atoms with E-state index in [1.165, 1.54) is 0 Å². The summed E-state index contributed by atoms with van der Waals surface area (Å²) in [6.07, 6.45) is 4.10. The maximum absolute atomic E-state index is 12.2. The van der Waals surface area contributed by atoms with Gasteiger partial charge >= 0.3 is 0 Å². The van der Waals surface area contributed by atoms with Crippen LogP contribution in [0.5, 0.6) is 5.75 Å². The quantitative estimate of drug-likeness (QED) is 0.665. The minimum atomic E-state index is -0.0914. The molecule has 26 heavy (non-hydrogen) atoms. The van der Waals surface area contributed by atoms with Crippen LogP contribution in [0.1, 0.15) is 28.2 Å². The van der Waals surface area contributed by atoms with Crippen LogP contribution in [0, 0.1) is 13.8 Å². The van der Waals surface area contributed by atoms with Crippen LogP contribution in [0.15, 0.2) is 54.9 Å². The summed E-state index contributed by atoms with van der Waals surface area (Å²) in [5, 5.41) is 7.35. The Morgan fingerprint density at radius 3 is 2.65 bits per heavy atom. The Balaban J connectivity index is 1.47. The number of pyridine rings is 1. The fraction of sp³-hybridized carbons (Fsp3) is 0.250. The lowest BCUT2D eigenvalue weighted by molar-refractivity contribution is 0.0951. The molecule has 0 aliphatic heterocycles. The van der Waals surface area contributed by atoms with Gasteiger partial charge in [-0.05, 0) is 62.7 Å². The van der Waals surface area contributed by atoms with Crippen LogP contribution in [0.2, 0.25) is 0 Å². The number of amides is 1. The zero-order chi connectivity index (χ0) is 18.4. The summed E-state index contributed by atoms with van der Waals surface area (Å²) < 4.78 is 7.42. The first-order valence-corrected chi connectivity index (χ1v) is 8.58. The van der Waals surface area contributed by atoms with Gasteiger partial charge in [-0.3, -0.25) is 9.78 Å². The van der Waals surface area contributed by atoms with Crippen molar-refractivity contribution in [1.82, 2.24) is 20.1 Å². The van der Waals surface area contributed by atoms with E-state index < -0.39 is 0 Å². The predicted octanol–water partition coefficient (Wildman–Crippen LogP) is 3.08. The number of rotatable bonds is 7. The minimum absolute atomic E-state index is 0.0914. The Kier molecular flexibility index (Phi) is 5.63. The van der Waals surface area contributed by atoms with E-state index in [1.807, 2.05) is 61.0 Å².